The molecule has 3 amide bonds. The molecule has 0 saturated heterocycles. The first kappa shape index (κ1) is 51.6. The van der Waals surface area contributed by atoms with E-state index in [4.69, 9.17) is 21.9 Å². The fourth-order valence-electron chi connectivity index (χ4n) is 6.22. The fraction of sp³-hybridized carbons (Fsp3) is 0.245. The maximum atomic E-state index is 13.5. The van der Waals surface area contributed by atoms with Crippen LogP contribution in [0.2, 0.25) is 0 Å². The van der Waals surface area contributed by atoms with E-state index in [2.05, 4.69) is 46.5 Å². The number of nitrogens with zero attached hydrogens (tertiary/aromatic N) is 4. The molecule has 0 spiro atoms. The number of ether oxygens (including phenoxy) is 1. The maximum Gasteiger partial charge on any atom is 0.407 e. The molecule has 0 radical (unpaired) electrons. The molecule has 11 N–H and O–H groups in total. The van der Waals surface area contributed by atoms with Crippen molar-refractivity contribution in [1.82, 2.24) is 25.3 Å². The Labute approximate surface area is 397 Å². The van der Waals surface area contributed by atoms with Gasteiger partial charge in [-0.05, 0) is 94.3 Å². The van der Waals surface area contributed by atoms with Crippen LogP contribution in [0.5, 0.6) is 0 Å². The van der Waals surface area contributed by atoms with Crippen molar-refractivity contribution in [3.05, 3.63) is 154 Å². The third-order valence-corrected chi connectivity index (χ3v) is 9.42. The summed E-state index contributed by atoms with van der Waals surface area (Å²) in [5.74, 6) is -1.81. The molecule has 360 valence electrons. The number of carbonyl (C=O) groups excluding carboxylic acids is 5. The van der Waals surface area contributed by atoms with Crippen molar-refractivity contribution in [2.75, 3.05) is 34.4 Å². The second-order valence-electron chi connectivity index (χ2n) is 16.8. The summed E-state index contributed by atoms with van der Waals surface area (Å²) in [6, 6.07) is 24.7. The van der Waals surface area contributed by atoms with Crippen molar-refractivity contribution in [1.29, 1.82) is 0 Å². The van der Waals surface area contributed by atoms with E-state index in [1.165, 1.54) is 36.7 Å². The highest BCUT2D eigenvalue weighted by Gasteiger charge is 2.19. The number of carbonyl (C=O) groups is 5. The van der Waals surface area contributed by atoms with E-state index >= 15 is 0 Å². The molecule has 0 aliphatic heterocycles. The summed E-state index contributed by atoms with van der Waals surface area (Å²) in [6.07, 6.45) is 2.15. The third-order valence-electron chi connectivity index (χ3n) is 9.42. The second kappa shape index (κ2) is 23.9. The van der Waals surface area contributed by atoms with Crippen LogP contribution in [0.15, 0.2) is 109 Å². The van der Waals surface area contributed by atoms with Gasteiger partial charge in [0.05, 0.1) is 0 Å². The minimum Gasteiger partial charge on any atom is -0.444 e. The number of rotatable bonds is 19. The monoisotopic (exact) mass is 944 g/mol. The van der Waals surface area contributed by atoms with E-state index < -0.39 is 35.1 Å². The lowest BCUT2D eigenvalue weighted by Gasteiger charge is -2.22. The van der Waals surface area contributed by atoms with E-state index in [1.54, 1.807) is 100 Å². The van der Waals surface area contributed by atoms with Gasteiger partial charge in [0.25, 0.3) is 11.8 Å². The van der Waals surface area contributed by atoms with Gasteiger partial charge >= 0.3 is 6.09 Å². The van der Waals surface area contributed by atoms with Crippen LogP contribution in [0.25, 0.3) is 0 Å². The Kier molecular flexibility index (Phi) is 17.9. The van der Waals surface area contributed by atoms with Gasteiger partial charge in [0.2, 0.25) is 11.9 Å². The number of anilines is 6. The third kappa shape index (κ3) is 16.8. The van der Waals surface area contributed by atoms with Crippen LogP contribution in [-0.2, 0) is 17.6 Å². The van der Waals surface area contributed by atoms with Crippen LogP contribution in [0, 0.1) is 11.6 Å². The topological polar surface area (TPSA) is 284 Å². The summed E-state index contributed by atoms with van der Waals surface area (Å²) in [6.45, 7) is 9.64. The smallest absolute Gasteiger partial charge is 0.407 e. The summed E-state index contributed by atoms with van der Waals surface area (Å²) in [5, 5.41) is 14.7. The van der Waals surface area contributed by atoms with Crippen LogP contribution in [0.3, 0.4) is 0 Å². The van der Waals surface area contributed by atoms with Gasteiger partial charge in [0.15, 0.2) is 11.6 Å². The molecule has 18 nitrogen and oxygen atoms in total. The fourth-order valence-corrected chi connectivity index (χ4v) is 6.22. The Morgan fingerprint density at radius 1 is 0.638 bits per heavy atom. The molecule has 2 aromatic heterocycles. The molecule has 0 fully saturated rings. The molecule has 0 saturated carbocycles. The van der Waals surface area contributed by atoms with E-state index in [-0.39, 0.29) is 77.7 Å². The number of primary amides is 2. The van der Waals surface area contributed by atoms with Crippen molar-refractivity contribution in [2.45, 2.75) is 65.1 Å². The van der Waals surface area contributed by atoms with Crippen molar-refractivity contribution >= 4 is 64.4 Å². The van der Waals surface area contributed by atoms with Gasteiger partial charge in [0, 0.05) is 72.9 Å². The molecule has 69 heavy (non-hydrogen) atoms. The van der Waals surface area contributed by atoms with Crippen LogP contribution in [0.4, 0.5) is 48.5 Å². The lowest BCUT2D eigenvalue weighted by molar-refractivity contribution is 0.0510. The first-order valence-corrected chi connectivity index (χ1v) is 21.6. The van der Waals surface area contributed by atoms with Gasteiger partial charge in [-0.1, -0.05) is 48.5 Å². The van der Waals surface area contributed by atoms with Crippen molar-refractivity contribution in [3.8, 4) is 0 Å². The molecule has 0 aliphatic carbocycles. The van der Waals surface area contributed by atoms with Gasteiger partial charge in [-0.2, -0.15) is 9.97 Å². The van der Waals surface area contributed by atoms with E-state index in [0.29, 0.717) is 40.2 Å². The zero-order valence-corrected chi connectivity index (χ0v) is 38.6. The number of aromatic nitrogens is 4. The summed E-state index contributed by atoms with van der Waals surface area (Å²) in [7, 11) is 0. The van der Waals surface area contributed by atoms with Gasteiger partial charge in [-0.3, -0.25) is 19.2 Å². The molecule has 20 heteroatoms. The highest BCUT2D eigenvalue weighted by molar-refractivity contribution is 6.01. The maximum absolute atomic E-state index is 13.5. The molecular formula is C49H54F2N12O6. The molecule has 6 aromatic rings. The lowest BCUT2D eigenvalue weighted by atomic mass is 10.0. The molecular weight excluding hydrogens is 891 g/mol. The minimum absolute atomic E-state index is 0.0326. The molecule has 6 rings (SSSR count). The van der Waals surface area contributed by atoms with Crippen LogP contribution in [-0.4, -0.2) is 80.2 Å². The van der Waals surface area contributed by atoms with Crippen molar-refractivity contribution in [2.24, 2.45) is 17.2 Å². The number of alkyl carbamates (subject to hydrolysis) is 1. The summed E-state index contributed by atoms with van der Waals surface area (Å²) in [5.41, 5.74) is 19.2. The highest BCUT2D eigenvalue weighted by atomic mass is 19.1. The molecule has 2 heterocycles. The predicted octanol–water partition coefficient (Wildman–Crippen LogP) is 6.85. The van der Waals surface area contributed by atoms with Gasteiger partial charge in [-0.15, -0.1) is 0 Å². The van der Waals surface area contributed by atoms with Crippen LogP contribution in [0.1, 0.15) is 87.2 Å². The number of amides is 3. The normalized spacial score (nSPS) is 11.7. The van der Waals surface area contributed by atoms with Gasteiger partial charge in [-0.25, -0.2) is 23.5 Å². The zero-order valence-electron chi connectivity index (χ0n) is 38.6. The number of Topliss-reactive ketones (excluding diaryl/α,β-unsaturated/α-hetero) is 2. The largest absolute Gasteiger partial charge is 0.444 e. The number of hydrogen-bond donors (Lipinski definition) is 8. The van der Waals surface area contributed by atoms with Gasteiger partial charge < -0.3 is 48.5 Å². The van der Waals surface area contributed by atoms with E-state index in [1.807, 2.05) is 6.92 Å². The number of hydrogen-bond acceptors (Lipinski definition) is 15. The quantitative estimate of drug-likeness (QED) is 0.0385. The molecule has 0 aliphatic rings. The predicted molar refractivity (Wildman–Crippen MR) is 259 cm³/mol. The average Bonchev–Trinajstić information content (AvgIpc) is 3.27. The number of nitrogens with two attached hydrogens (primary N) is 3. The number of benzene rings is 4. The molecule has 2 atom stereocenters. The van der Waals surface area contributed by atoms with Crippen LogP contribution >= 0.6 is 0 Å². The Balaban J connectivity index is 0.000000263. The Morgan fingerprint density at radius 2 is 1.07 bits per heavy atom. The Hall–Kier alpha value is -8.39. The SMILES string of the molecule is C[C@@H](CNc1ncc(C(N)=O)c(Nc2cccc(C(=O)Cc3cccc(F)c3)c2)n1)NC(=O)OC(C)(C)C.C[C@H](N)CNc1ncc(C(N)=O)c(Nc2cccc(C(=O)Cc3cccc(F)c3)c2)n1. The first-order valence-electron chi connectivity index (χ1n) is 21.6. The average molecular weight is 945 g/mol. The van der Waals surface area contributed by atoms with Crippen LogP contribution < -0.4 is 43.8 Å². The number of halogens is 2. The van der Waals surface area contributed by atoms with E-state index in [0.717, 1.165) is 0 Å². The number of nitrogens with one attached hydrogen (secondary N) is 5. The second-order valence-corrected chi connectivity index (χ2v) is 16.8. The summed E-state index contributed by atoms with van der Waals surface area (Å²) >= 11 is 0. The molecule has 0 unspecified atom stereocenters. The van der Waals surface area contributed by atoms with Crippen molar-refractivity contribution in [3.63, 3.8) is 0 Å². The Morgan fingerprint density at radius 3 is 1.48 bits per heavy atom. The highest BCUT2D eigenvalue weighted by Crippen LogP contribution is 2.24. The zero-order chi connectivity index (χ0) is 50.3. The summed E-state index contributed by atoms with van der Waals surface area (Å²) in [4.78, 5) is 77.9. The molecule has 4 aromatic carbocycles. The lowest BCUT2D eigenvalue weighted by Crippen LogP contribution is -2.41. The van der Waals surface area contributed by atoms with Crippen molar-refractivity contribution < 1.29 is 37.5 Å². The first-order chi connectivity index (χ1) is 32.7. The number of ketones is 2. The van der Waals surface area contributed by atoms with Gasteiger partial charge in [0.1, 0.15) is 40.0 Å². The minimum atomic E-state index is -0.739. The van der Waals surface area contributed by atoms with E-state index in [9.17, 15) is 32.8 Å². The standard InChI is InChI=1S/C27H31FN6O4.C22H23FN6O2/c1-16(32-26(37)38-27(2,3)4)14-30-25-31-15-21(23(29)36)24(34-25)33-20-10-6-8-18(13-20)22(35)12-17-7-5-9-19(28)11-17;1-13(24)11-26-22-27-12-18(20(25)31)21(29-22)28-17-7-3-5-15(10-17)19(30)9-14-4-2-6-16(23)8-14/h5-11,13,15-16H,12,14H2,1-4H3,(H2,29,36)(H,32,37)(H2,30,31,33,34);2-8,10,12-13H,9,11,24H2,1H3,(H2,25,31)(H2,26,27,28,29)/t16-;13-/m00/s1. The Bertz CT molecular complexity index is 2800. The molecule has 0 bridgehead atoms. The summed E-state index contributed by atoms with van der Waals surface area (Å²) < 4.78 is 32.1.